The van der Waals surface area contributed by atoms with Crippen LogP contribution in [0.15, 0.2) is 30.5 Å². The zero-order valence-corrected chi connectivity index (χ0v) is 18.7. The first-order valence-electron chi connectivity index (χ1n) is 10.5. The lowest BCUT2D eigenvalue weighted by Gasteiger charge is -2.43. The maximum absolute atomic E-state index is 14.5. The van der Waals surface area contributed by atoms with Gasteiger partial charge >= 0.3 is 0 Å². The molecule has 0 unspecified atom stereocenters. The fraction of sp³-hybridized carbons (Fsp3) is 0.364. The highest BCUT2D eigenvalue weighted by atomic mass is 35.5. The summed E-state index contributed by atoms with van der Waals surface area (Å²) in [4.78, 5) is 10.1. The van der Waals surface area contributed by atoms with Gasteiger partial charge in [-0.2, -0.15) is 0 Å². The molecule has 1 saturated heterocycles. The Morgan fingerprint density at radius 3 is 2.91 bits per heavy atom. The molecule has 0 saturated carbocycles. The first-order valence-corrected chi connectivity index (χ1v) is 11.1. The Morgan fingerprint density at radius 1 is 1.35 bits per heavy atom. The Balaban J connectivity index is 1.50. The predicted octanol–water partition coefficient (Wildman–Crippen LogP) is 3.91. The number of benzene rings is 1. The van der Waals surface area contributed by atoms with Crippen molar-refractivity contribution in [1.82, 2.24) is 20.2 Å². The summed E-state index contributed by atoms with van der Waals surface area (Å²) in [5.74, 6) is -0.624. The van der Waals surface area contributed by atoms with E-state index in [1.165, 1.54) is 24.4 Å². The second kappa shape index (κ2) is 8.46. The average molecular weight is 493 g/mol. The molecule has 2 aromatic heterocycles. The van der Waals surface area contributed by atoms with E-state index in [2.05, 4.69) is 25.5 Å². The van der Waals surface area contributed by atoms with E-state index in [0.717, 1.165) is 6.07 Å². The normalized spacial score (nSPS) is 21.2. The van der Waals surface area contributed by atoms with Gasteiger partial charge in [-0.3, -0.25) is 0 Å². The van der Waals surface area contributed by atoms with E-state index >= 15 is 0 Å². The van der Waals surface area contributed by atoms with Crippen molar-refractivity contribution in [3.05, 3.63) is 47.7 Å². The van der Waals surface area contributed by atoms with Crippen LogP contribution in [0.1, 0.15) is 17.8 Å². The third-order valence-electron chi connectivity index (χ3n) is 6.17. The largest absolute Gasteiger partial charge is 0.504 e. The van der Waals surface area contributed by atoms with Gasteiger partial charge in [0.05, 0.1) is 41.4 Å². The summed E-state index contributed by atoms with van der Waals surface area (Å²) in [7, 11) is 0. The Kier molecular flexibility index (Phi) is 5.59. The molecule has 0 spiro atoms. The molecular formula is C22H20ClF3N6O2. The molecule has 1 aromatic carbocycles. The number of nitrogens with zero attached hydrogens (tertiary/aromatic N) is 5. The number of para-hydroxylation sites is 1. The fourth-order valence-corrected chi connectivity index (χ4v) is 4.61. The van der Waals surface area contributed by atoms with Crippen molar-refractivity contribution in [2.45, 2.75) is 37.3 Å². The second-order valence-corrected chi connectivity index (χ2v) is 8.56. The van der Waals surface area contributed by atoms with Crippen molar-refractivity contribution in [2.24, 2.45) is 0 Å². The van der Waals surface area contributed by atoms with E-state index in [4.69, 9.17) is 16.3 Å². The summed E-state index contributed by atoms with van der Waals surface area (Å²) >= 11 is 5.79. The summed E-state index contributed by atoms with van der Waals surface area (Å²) < 4.78 is 48.8. The quantitative estimate of drug-likeness (QED) is 0.517. The van der Waals surface area contributed by atoms with Gasteiger partial charge in [0.15, 0.2) is 17.4 Å². The van der Waals surface area contributed by atoms with Crippen LogP contribution >= 0.6 is 11.6 Å². The Labute approximate surface area is 197 Å². The predicted molar refractivity (Wildman–Crippen MR) is 119 cm³/mol. The van der Waals surface area contributed by atoms with Crippen LogP contribution in [0.3, 0.4) is 0 Å². The van der Waals surface area contributed by atoms with Crippen molar-refractivity contribution < 1.29 is 23.0 Å². The minimum absolute atomic E-state index is 0.0261. The highest BCUT2D eigenvalue weighted by Crippen LogP contribution is 2.46. The lowest BCUT2D eigenvalue weighted by molar-refractivity contribution is 0.0528. The summed E-state index contributed by atoms with van der Waals surface area (Å²) in [6.45, 7) is 1.79. The molecule has 34 heavy (non-hydrogen) atoms. The molecule has 3 aromatic rings. The smallest absolute Gasteiger partial charge is 0.263 e. The number of aryl methyl sites for hydroxylation is 1. The maximum Gasteiger partial charge on any atom is 0.263 e. The van der Waals surface area contributed by atoms with Gasteiger partial charge in [-0.05, 0) is 25.1 Å². The molecule has 0 aliphatic carbocycles. The van der Waals surface area contributed by atoms with Crippen molar-refractivity contribution >= 4 is 23.1 Å². The van der Waals surface area contributed by atoms with Crippen LogP contribution in [0.25, 0.3) is 11.3 Å². The molecule has 0 amide bonds. The number of halogens is 4. The van der Waals surface area contributed by atoms with Crippen molar-refractivity contribution in [2.75, 3.05) is 23.3 Å². The molecule has 0 radical (unpaired) electrons. The third kappa shape index (κ3) is 3.64. The standard InChI is InChI=1S/C22H20ClF3N6O2/c1-11-20(27-8-12(7-23)29-11)34-13-6-22(21(25)26)10-28-19-17(32(22)9-13)5-16(30-31-19)14-3-2-4-15(24)18(14)33/h2-5,8,13,21,33H,6-7,9-10H2,1H3,(H,28,31)/t13-,22+/m1/s1. The van der Waals surface area contributed by atoms with Crippen LogP contribution in [0.5, 0.6) is 11.6 Å². The van der Waals surface area contributed by atoms with E-state index in [9.17, 15) is 18.3 Å². The van der Waals surface area contributed by atoms with E-state index in [1.807, 2.05) is 0 Å². The molecule has 2 N–H and O–H groups in total. The molecule has 8 nitrogen and oxygen atoms in total. The zero-order chi connectivity index (χ0) is 24.0. The molecule has 2 aliphatic heterocycles. The zero-order valence-electron chi connectivity index (χ0n) is 18.0. The van der Waals surface area contributed by atoms with E-state index in [-0.39, 0.29) is 42.5 Å². The minimum Gasteiger partial charge on any atom is -0.504 e. The number of phenols is 1. The van der Waals surface area contributed by atoms with E-state index in [0.29, 0.717) is 22.9 Å². The van der Waals surface area contributed by atoms with Gasteiger partial charge in [0.25, 0.3) is 6.43 Å². The average Bonchev–Trinajstić information content (AvgIpc) is 3.22. The van der Waals surface area contributed by atoms with Crippen molar-refractivity contribution in [1.29, 1.82) is 0 Å². The van der Waals surface area contributed by atoms with Gasteiger partial charge in [-0.15, -0.1) is 21.8 Å². The number of fused-ring (bicyclic) bond motifs is 3. The first-order chi connectivity index (χ1) is 16.3. The van der Waals surface area contributed by atoms with Gasteiger partial charge in [0.1, 0.15) is 11.6 Å². The number of aromatic nitrogens is 4. The summed E-state index contributed by atoms with van der Waals surface area (Å²) in [6, 6.07) is 5.53. The molecule has 5 rings (SSSR count). The van der Waals surface area contributed by atoms with Crippen LogP contribution in [-0.2, 0) is 5.88 Å². The Morgan fingerprint density at radius 2 is 2.18 bits per heavy atom. The van der Waals surface area contributed by atoms with E-state index in [1.54, 1.807) is 11.8 Å². The van der Waals surface area contributed by atoms with Gasteiger partial charge in [0.2, 0.25) is 5.88 Å². The van der Waals surface area contributed by atoms with Crippen LogP contribution in [0.4, 0.5) is 24.7 Å². The molecular weight excluding hydrogens is 473 g/mol. The van der Waals surface area contributed by atoms with Crippen LogP contribution in [0.2, 0.25) is 0 Å². The highest BCUT2D eigenvalue weighted by molar-refractivity contribution is 6.16. The van der Waals surface area contributed by atoms with Crippen LogP contribution in [-0.4, -0.2) is 56.4 Å². The fourth-order valence-electron chi connectivity index (χ4n) is 4.48. The van der Waals surface area contributed by atoms with Crippen molar-refractivity contribution in [3.8, 4) is 22.9 Å². The highest BCUT2D eigenvalue weighted by Gasteiger charge is 2.56. The molecule has 178 valence electrons. The van der Waals surface area contributed by atoms with Gasteiger partial charge < -0.3 is 20.1 Å². The number of phenolic OH excluding ortho intramolecular Hbond substituents is 1. The third-order valence-corrected chi connectivity index (χ3v) is 6.44. The molecule has 4 heterocycles. The SMILES string of the molecule is Cc1nc(CCl)cnc1O[C@H]1CN2c3cc(-c4cccc(F)c4O)nnc3NC[C@]2(C(F)F)C1. The first kappa shape index (κ1) is 22.5. The molecule has 2 aliphatic rings. The lowest BCUT2D eigenvalue weighted by Crippen LogP contribution is -2.57. The topological polar surface area (TPSA) is 96.3 Å². The minimum atomic E-state index is -2.70. The Bertz CT molecular complexity index is 1250. The molecule has 0 bridgehead atoms. The number of aromatic hydroxyl groups is 1. The van der Waals surface area contributed by atoms with Crippen LogP contribution < -0.4 is 15.0 Å². The molecule has 12 heteroatoms. The number of nitrogens with one attached hydrogen (secondary N) is 1. The Hall–Kier alpha value is -3.34. The number of hydrogen-bond acceptors (Lipinski definition) is 8. The number of ether oxygens (including phenoxy) is 1. The number of rotatable bonds is 5. The van der Waals surface area contributed by atoms with Crippen LogP contribution in [0, 0.1) is 12.7 Å². The monoisotopic (exact) mass is 492 g/mol. The second-order valence-electron chi connectivity index (χ2n) is 8.30. The molecule has 1 fully saturated rings. The lowest BCUT2D eigenvalue weighted by atomic mass is 9.93. The number of hydrogen-bond donors (Lipinski definition) is 2. The maximum atomic E-state index is 14.5. The summed E-state index contributed by atoms with van der Waals surface area (Å²) in [5.41, 5.74) is 0.184. The van der Waals surface area contributed by atoms with Crippen molar-refractivity contribution in [3.63, 3.8) is 0 Å². The summed E-state index contributed by atoms with van der Waals surface area (Å²) in [5, 5.41) is 21.2. The van der Waals surface area contributed by atoms with E-state index < -0.39 is 29.6 Å². The number of alkyl halides is 3. The van der Waals surface area contributed by atoms with Gasteiger partial charge in [0, 0.05) is 18.5 Å². The van der Waals surface area contributed by atoms with Gasteiger partial charge in [-0.1, -0.05) is 6.07 Å². The summed E-state index contributed by atoms with van der Waals surface area (Å²) in [6.07, 6.45) is -1.79. The van der Waals surface area contributed by atoms with Gasteiger partial charge in [-0.25, -0.2) is 23.1 Å². The number of anilines is 2. The molecule has 2 atom stereocenters.